The molecule has 8 heteroatoms. The smallest absolute Gasteiger partial charge is 0.335 e. The largest absolute Gasteiger partial charge is 0.478 e. The highest BCUT2D eigenvalue weighted by Crippen LogP contribution is 2.20. The molecule has 1 aromatic rings. The fraction of sp³-hybridized carbons (Fsp3) is 0.417. The molecule has 0 aliphatic heterocycles. The van der Waals surface area contributed by atoms with Gasteiger partial charge in [-0.25, -0.2) is 22.3 Å². The minimum atomic E-state index is -4.09. The van der Waals surface area contributed by atoms with Gasteiger partial charge < -0.3 is 10.2 Å². The van der Waals surface area contributed by atoms with Gasteiger partial charge in [0.25, 0.3) is 0 Å². The molecule has 1 aromatic carbocycles. The normalized spacial score (nSPS) is 13.2. The first-order valence-electron chi connectivity index (χ1n) is 5.90. The van der Waals surface area contributed by atoms with Crippen LogP contribution in [0.15, 0.2) is 17.0 Å². The van der Waals surface area contributed by atoms with Gasteiger partial charge in [-0.2, -0.15) is 0 Å². The number of rotatable bonds is 6. The van der Waals surface area contributed by atoms with Crippen molar-refractivity contribution in [2.24, 2.45) is 0 Å². The van der Waals surface area contributed by atoms with Crippen LogP contribution in [-0.2, 0) is 10.0 Å². The number of halogens is 1. The summed E-state index contributed by atoms with van der Waals surface area (Å²) in [4.78, 5) is 10.4. The molecular weight excluding hydrogens is 289 g/mol. The molecule has 112 valence electrons. The first-order chi connectivity index (χ1) is 9.19. The lowest BCUT2D eigenvalue weighted by molar-refractivity contribution is 0.0696. The van der Waals surface area contributed by atoms with E-state index in [4.69, 9.17) is 5.11 Å². The molecule has 0 saturated carbocycles. The second kappa shape index (κ2) is 6.29. The Balaban J connectivity index is 3.20. The van der Waals surface area contributed by atoms with Gasteiger partial charge in [-0.05, 0) is 25.5 Å². The number of sulfonamides is 1. The topological polar surface area (TPSA) is 104 Å². The van der Waals surface area contributed by atoms with Crippen LogP contribution in [0.4, 0.5) is 4.39 Å². The van der Waals surface area contributed by atoms with Gasteiger partial charge in [0, 0.05) is 12.1 Å². The van der Waals surface area contributed by atoms with E-state index in [1.54, 1.807) is 6.92 Å². The van der Waals surface area contributed by atoms with Crippen molar-refractivity contribution in [1.82, 2.24) is 4.72 Å². The lowest BCUT2D eigenvalue weighted by Crippen LogP contribution is -2.32. The zero-order valence-electron chi connectivity index (χ0n) is 11.1. The lowest BCUT2D eigenvalue weighted by Gasteiger charge is -2.13. The van der Waals surface area contributed by atoms with Gasteiger partial charge in [-0.3, -0.25) is 0 Å². The van der Waals surface area contributed by atoms with Crippen molar-refractivity contribution in [3.8, 4) is 0 Å². The highest BCUT2D eigenvalue weighted by atomic mass is 32.2. The number of benzene rings is 1. The molecular formula is C12H16FNO5S. The molecule has 0 heterocycles. The Labute approximate surface area is 116 Å². The van der Waals surface area contributed by atoms with E-state index in [9.17, 15) is 22.7 Å². The Morgan fingerprint density at radius 1 is 1.45 bits per heavy atom. The second-order valence-electron chi connectivity index (χ2n) is 4.30. The number of carboxylic acid groups (broad SMARTS) is 1. The average molecular weight is 305 g/mol. The summed E-state index contributed by atoms with van der Waals surface area (Å²) < 4.78 is 39.8. The summed E-state index contributed by atoms with van der Waals surface area (Å²) in [7, 11) is -4.09. The van der Waals surface area contributed by atoms with Crippen molar-refractivity contribution >= 4 is 16.0 Å². The van der Waals surface area contributed by atoms with E-state index in [2.05, 4.69) is 4.72 Å². The highest BCUT2D eigenvalue weighted by Gasteiger charge is 2.22. The van der Waals surface area contributed by atoms with Gasteiger partial charge in [-0.15, -0.1) is 0 Å². The summed E-state index contributed by atoms with van der Waals surface area (Å²) in [6.45, 7) is 2.69. The Hall–Kier alpha value is -1.51. The predicted molar refractivity (Wildman–Crippen MR) is 69.6 cm³/mol. The second-order valence-corrected chi connectivity index (χ2v) is 6.04. The molecule has 0 spiro atoms. The van der Waals surface area contributed by atoms with Crippen molar-refractivity contribution < 1.29 is 27.8 Å². The van der Waals surface area contributed by atoms with Gasteiger partial charge in [0.15, 0.2) is 0 Å². The van der Waals surface area contributed by atoms with Gasteiger partial charge in [0.2, 0.25) is 10.0 Å². The zero-order valence-corrected chi connectivity index (χ0v) is 11.9. The van der Waals surface area contributed by atoms with Crippen molar-refractivity contribution in [2.75, 3.05) is 6.54 Å². The first-order valence-corrected chi connectivity index (χ1v) is 7.38. The Kier molecular flexibility index (Phi) is 5.21. The fourth-order valence-corrected chi connectivity index (χ4v) is 2.83. The fourth-order valence-electron chi connectivity index (χ4n) is 1.48. The Morgan fingerprint density at radius 3 is 2.55 bits per heavy atom. The zero-order chi connectivity index (χ0) is 15.5. The van der Waals surface area contributed by atoms with Crippen LogP contribution in [0.1, 0.15) is 29.3 Å². The maximum atomic E-state index is 13.6. The van der Waals surface area contributed by atoms with Crippen LogP contribution in [0.3, 0.4) is 0 Å². The quantitative estimate of drug-likeness (QED) is 0.724. The molecule has 0 amide bonds. The minimum Gasteiger partial charge on any atom is -0.478 e. The molecule has 1 atom stereocenters. The number of carbonyl (C=O) groups is 1. The van der Waals surface area contributed by atoms with Crippen LogP contribution in [0.25, 0.3) is 0 Å². The van der Waals surface area contributed by atoms with E-state index in [1.807, 2.05) is 0 Å². The average Bonchev–Trinajstić information content (AvgIpc) is 2.38. The number of carboxylic acids is 1. The molecule has 6 nitrogen and oxygen atoms in total. The maximum Gasteiger partial charge on any atom is 0.335 e. The van der Waals surface area contributed by atoms with Crippen LogP contribution >= 0.6 is 0 Å². The molecule has 0 bridgehead atoms. The van der Waals surface area contributed by atoms with Crippen LogP contribution in [0, 0.1) is 12.7 Å². The first kappa shape index (κ1) is 16.5. The minimum absolute atomic E-state index is 0.173. The predicted octanol–water partition coefficient (Wildman–Crippen LogP) is 0.882. The number of aliphatic hydroxyl groups excluding tert-OH is 1. The van der Waals surface area contributed by atoms with E-state index >= 15 is 0 Å². The molecule has 0 aliphatic carbocycles. The maximum absolute atomic E-state index is 13.6. The molecule has 20 heavy (non-hydrogen) atoms. The van der Waals surface area contributed by atoms with Gasteiger partial charge >= 0.3 is 5.97 Å². The van der Waals surface area contributed by atoms with E-state index in [0.717, 1.165) is 12.1 Å². The molecule has 0 fully saturated rings. The van der Waals surface area contributed by atoms with E-state index in [-0.39, 0.29) is 12.1 Å². The van der Waals surface area contributed by atoms with Gasteiger partial charge in [0.1, 0.15) is 5.82 Å². The highest BCUT2D eigenvalue weighted by molar-refractivity contribution is 7.89. The van der Waals surface area contributed by atoms with Crippen LogP contribution < -0.4 is 4.72 Å². The summed E-state index contributed by atoms with van der Waals surface area (Å²) in [6, 6.07) is 1.65. The number of nitrogens with one attached hydrogen (secondary N) is 1. The Morgan fingerprint density at radius 2 is 2.05 bits per heavy atom. The summed E-state index contributed by atoms with van der Waals surface area (Å²) in [5.41, 5.74) is -0.627. The van der Waals surface area contributed by atoms with Crippen molar-refractivity contribution in [3.05, 3.63) is 29.1 Å². The third kappa shape index (κ3) is 3.75. The number of hydrogen-bond donors (Lipinski definition) is 3. The monoisotopic (exact) mass is 305 g/mol. The summed E-state index contributed by atoms with van der Waals surface area (Å²) in [6.07, 6.45) is -0.511. The van der Waals surface area contributed by atoms with Crippen LogP contribution in [-0.4, -0.2) is 37.2 Å². The number of aromatic carboxylic acids is 1. The van der Waals surface area contributed by atoms with Crippen molar-refractivity contribution in [3.63, 3.8) is 0 Å². The SMILES string of the molecule is CCC(O)CNS(=O)(=O)c1cc(C(=O)O)cc(F)c1C. The molecule has 0 saturated heterocycles. The van der Waals surface area contributed by atoms with Gasteiger partial charge in [-0.1, -0.05) is 6.92 Å². The van der Waals surface area contributed by atoms with E-state index < -0.39 is 38.4 Å². The third-order valence-electron chi connectivity index (χ3n) is 2.81. The van der Waals surface area contributed by atoms with Gasteiger partial charge in [0.05, 0.1) is 16.6 Å². The lowest BCUT2D eigenvalue weighted by atomic mass is 10.1. The summed E-state index contributed by atoms with van der Waals surface area (Å²) in [5.74, 6) is -2.34. The summed E-state index contributed by atoms with van der Waals surface area (Å²) in [5, 5.41) is 18.2. The third-order valence-corrected chi connectivity index (χ3v) is 4.36. The van der Waals surface area contributed by atoms with E-state index in [0.29, 0.717) is 6.42 Å². The molecule has 0 aliphatic rings. The molecule has 0 radical (unpaired) electrons. The van der Waals surface area contributed by atoms with Crippen molar-refractivity contribution in [1.29, 1.82) is 0 Å². The standard InChI is InChI=1S/C12H16FNO5S/c1-3-9(15)6-14-20(18,19)11-5-8(12(16)17)4-10(13)7(11)2/h4-5,9,14-15H,3,6H2,1-2H3,(H,16,17). The summed E-state index contributed by atoms with van der Waals surface area (Å²) >= 11 is 0. The van der Waals surface area contributed by atoms with Crippen LogP contribution in [0.2, 0.25) is 0 Å². The number of hydrogen-bond acceptors (Lipinski definition) is 4. The molecule has 3 N–H and O–H groups in total. The number of aliphatic hydroxyl groups is 1. The van der Waals surface area contributed by atoms with E-state index in [1.165, 1.54) is 6.92 Å². The molecule has 1 unspecified atom stereocenters. The Bertz CT molecular complexity index is 615. The van der Waals surface area contributed by atoms with Crippen LogP contribution in [0.5, 0.6) is 0 Å². The molecule has 0 aromatic heterocycles. The molecule has 1 rings (SSSR count). The van der Waals surface area contributed by atoms with Crippen molar-refractivity contribution in [2.45, 2.75) is 31.3 Å².